The molecule has 1 heterocycles. The first kappa shape index (κ1) is 15.7. The average molecular weight is 330 g/mol. The van der Waals surface area contributed by atoms with E-state index in [2.05, 4.69) is 0 Å². The fraction of sp³-hybridized carbons (Fsp3) is 0.235. The average Bonchev–Trinajstić information content (AvgIpc) is 2.81. The van der Waals surface area contributed by atoms with Crippen LogP contribution in [0.1, 0.15) is 22.7 Å². The summed E-state index contributed by atoms with van der Waals surface area (Å²) < 4.78 is 38.5. The highest BCUT2D eigenvalue weighted by Gasteiger charge is 2.36. The molecule has 0 spiro atoms. The number of benzene rings is 2. The fourth-order valence-electron chi connectivity index (χ4n) is 2.92. The summed E-state index contributed by atoms with van der Waals surface area (Å²) in [7, 11) is -1.51. The summed E-state index contributed by atoms with van der Waals surface area (Å²) in [5.74, 6) is -0.453. The normalized spacial score (nSPS) is 18.6. The first-order chi connectivity index (χ1) is 10.9. The fourth-order valence-corrected chi connectivity index (χ4v) is 4.79. The Labute approximate surface area is 134 Å². The quantitative estimate of drug-likeness (QED) is 0.868. The van der Waals surface area contributed by atoms with Gasteiger partial charge in [0.15, 0.2) is 9.84 Å². The van der Waals surface area contributed by atoms with Crippen LogP contribution in [0.15, 0.2) is 47.4 Å². The number of fused-ring (bicyclic) bond motifs is 1. The molecule has 0 radical (unpaired) electrons. The van der Waals surface area contributed by atoms with Gasteiger partial charge < -0.3 is 0 Å². The van der Waals surface area contributed by atoms with Gasteiger partial charge in [-0.1, -0.05) is 24.3 Å². The van der Waals surface area contributed by atoms with Crippen molar-refractivity contribution in [2.45, 2.75) is 17.5 Å². The molecule has 0 amide bonds. The topological polar surface area (TPSA) is 61.2 Å². The Morgan fingerprint density at radius 2 is 2.04 bits per heavy atom. The van der Waals surface area contributed by atoms with Gasteiger partial charge >= 0.3 is 0 Å². The first-order valence-corrected chi connectivity index (χ1v) is 8.78. The minimum atomic E-state index is -3.29. The Morgan fingerprint density at radius 1 is 1.30 bits per heavy atom. The van der Waals surface area contributed by atoms with Crippen molar-refractivity contribution in [3.05, 3.63) is 65.0 Å². The predicted molar refractivity (Wildman–Crippen MR) is 83.8 cm³/mol. The van der Waals surface area contributed by atoms with Crippen molar-refractivity contribution < 1.29 is 12.8 Å². The number of halogens is 1. The van der Waals surface area contributed by atoms with Crippen LogP contribution in [0.4, 0.5) is 4.39 Å². The van der Waals surface area contributed by atoms with Crippen molar-refractivity contribution >= 4 is 9.84 Å². The highest BCUT2D eigenvalue weighted by Crippen LogP contribution is 2.37. The van der Waals surface area contributed by atoms with Crippen LogP contribution in [0.3, 0.4) is 0 Å². The molecule has 1 unspecified atom stereocenters. The summed E-state index contributed by atoms with van der Waals surface area (Å²) >= 11 is 0. The first-order valence-electron chi connectivity index (χ1n) is 7.13. The van der Waals surface area contributed by atoms with Crippen LogP contribution in [0.2, 0.25) is 0 Å². The second-order valence-electron chi connectivity index (χ2n) is 5.67. The number of sulfone groups is 1. The maximum Gasteiger partial charge on any atom is 0.180 e. The van der Waals surface area contributed by atoms with E-state index in [4.69, 9.17) is 5.26 Å². The van der Waals surface area contributed by atoms with E-state index in [0.717, 1.165) is 5.56 Å². The monoisotopic (exact) mass is 330 g/mol. The largest absolute Gasteiger partial charge is 0.294 e. The van der Waals surface area contributed by atoms with Gasteiger partial charge in [0.05, 0.1) is 28.3 Å². The lowest BCUT2D eigenvalue weighted by atomic mass is 10.1. The van der Waals surface area contributed by atoms with E-state index in [-0.39, 0.29) is 23.9 Å². The van der Waals surface area contributed by atoms with Crippen LogP contribution >= 0.6 is 0 Å². The van der Waals surface area contributed by atoms with Crippen LogP contribution in [0.25, 0.3) is 0 Å². The minimum absolute atomic E-state index is 0.000739. The number of hydrogen-bond acceptors (Lipinski definition) is 4. The second kappa shape index (κ2) is 5.76. The molecular formula is C17H15FN2O2S. The SMILES string of the molecule is CN(Cc1ccc(C#N)cc1F)C1CS(=O)(=O)c2ccccc21. The van der Waals surface area contributed by atoms with Gasteiger partial charge in [-0.2, -0.15) is 5.26 Å². The smallest absolute Gasteiger partial charge is 0.180 e. The zero-order valence-electron chi connectivity index (χ0n) is 12.5. The van der Waals surface area contributed by atoms with E-state index in [1.165, 1.54) is 6.07 Å². The van der Waals surface area contributed by atoms with Gasteiger partial charge in [0.1, 0.15) is 5.82 Å². The molecule has 0 bridgehead atoms. The van der Waals surface area contributed by atoms with Crippen LogP contribution in [0, 0.1) is 17.1 Å². The van der Waals surface area contributed by atoms with Crippen LogP contribution in [0.5, 0.6) is 0 Å². The van der Waals surface area contributed by atoms with E-state index in [9.17, 15) is 12.8 Å². The lowest BCUT2D eigenvalue weighted by molar-refractivity contribution is 0.253. The summed E-state index contributed by atoms with van der Waals surface area (Å²) in [6, 6.07) is 12.9. The zero-order valence-corrected chi connectivity index (χ0v) is 13.3. The maximum atomic E-state index is 14.0. The van der Waals surface area contributed by atoms with Crippen molar-refractivity contribution in [2.24, 2.45) is 0 Å². The molecule has 6 heteroatoms. The van der Waals surface area contributed by atoms with Crippen LogP contribution < -0.4 is 0 Å². The number of nitriles is 1. The Morgan fingerprint density at radius 3 is 2.74 bits per heavy atom. The predicted octanol–water partition coefficient (Wildman–Crippen LogP) is 2.66. The summed E-state index contributed by atoms with van der Waals surface area (Å²) in [6.07, 6.45) is 0. The second-order valence-corrected chi connectivity index (χ2v) is 7.67. The number of rotatable bonds is 3. The van der Waals surface area contributed by atoms with Gasteiger partial charge in [-0.25, -0.2) is 12.8 Å². The highest BCUT2D eigenvalue weighted by molar-refractivity contribution is 7.91. The molecule has 0 N–H and O–H groups in total. The Bertz CT molecular complexity index is 903. The van der Waals surface area contributed by atoms with Crippen LogP contribution in [-0.4, -0.2) is 26.1 Å². The molecule has 2 aromatic carbocycles. The third-order valence-corrected chi connectivity index (χ3v) is 5.92. The molecule has 23 heavy (non-hydrogen) atoms. The van der Waals surface area contributed by atoms with Crippen molar-refractivity contribution in [3.8, 4) is 6.07 Å². The van der Waals surface area contributed by atoms with E-state index >= 15 is 0 Å². The van der Waals surface area contributed by atoms with Crippen molar-refractivity contribution in [1.82, 2.24) is 4.90 Å². The lowest BCUT2D eigenvalue weighted by Gasteiger charge is -2.24. The van der Waals surface area contributed by atoms with E-state index in [0.29, 0.717) is 10.5 Å². The zero-order chi connectivity index (χ0) is 16.6. The van der Waals surface area contributed by atoms with Gasteiger partial charge in [0.25, 0.3) is 0 Å². The third-order valence-electron chi connectivity index (χ3n) is 4.12. The number of nitrogens with zero attached hydrogens (tertiary/aromatic N) is 2. The highest BCUT2D eigenvalue weighted by atomic mass is 32.2. The third kappa shape index (κ3) is 2.85. The molecule has 1 aliphatic rings. The van der Waals surface area contributed by atoms with Crippen molar-refractivity contribution in [1.29, 1.82) is 5.26 Å². The Balaban J connectivity index is 1.88. The van der Waals surface area contributed by atoms with E-state index in [1.54, 1.807) is 37.4 Å². The molecule has 3 rings (SSSR count). The van der Waals surface area contributed by atoms with Gasteiger partial charge in [0.2, 0.25) is 0 Å². The van der Waals surface area contributed by atoms with E-state index < -0.39 is 15.7 Å². The van der Waals surface area contributed by atoms with Gasteiger partial charge in [-0.3, -0.25) is 4.90 Å². The standard InChI is InChI=1S/C17H15FN2O2S/c1-20(10-13-7-6-12(9-19)8-15(13)18)16-11-23(21,22)17-5-3-2-4-14(16)17/h2-8,16H,10-11H2,1H3. The summed E-state index contributed by atoms with van der Waals surface area (Å²) in [6.45, 7) is 0.270. The molecule has 2 aromatic rings. The summed E-state index contributed by atoms with van der Waals surface area (Å²) in [5, 5.41) is 8.78. The molecular weight excluding hydrogens is 315 g/mol. The molecule has 1 aliphatic heterocycles. The molecule has 0 aromatic heterocycles. The Hall–Kier alpha value is -2.23. The van der Waals surface area contributed by atoms with Crippen molar-refractivity contribution in [2.75, 3.05) is 12.8 Å². The molecule has 118 valence electrons. The summed E-state index contributed by atoms with van der Waals surface area (Å²) in [4.78, 5) is 2.19. The van der Waals surface area contributed by atoms with Gasteiger partial charge in [0, 0.05) is 12.1 Å². The van der Waals surface area contributed by atoms with Gasteiger partial charge in [-0.15, -0.1) is 0 Å². The maximum absolute atomic E-state index is 14.0. The lowest BCUT2D eigenvalue weighted by Crippen LogP contribution is -2.26. The van der Waals surface area contributed by atoms with Gasteiger partial charge in [-0.05, 0) is 30.8 Å². The van der Waals surface area contributed by atoms with E-state index in [1.807, 2.05) is 17.0 Å². The number of hydrogen-bond donors (Lipinski definition) is 0. The minimum Gasteiger partial charge on any atom is -0.294 e. The molecule has 4 nitrogen and oxygen atoms in total. The molecule has 1 atom stereocenters. The summed E-state index contributed by atoms with van der Waals surface area (Å²) in [5.41, 5.74) is 1.46. The molecule has 0 aliphatic carbocycles. The molecule has 0 saturated carbocycles. The molecule has 0 fully saturated rings. The van der Waals surface area contributed by atoms with Crippen LogP contribution in [-0.2, 0) is 16.4 Å². The van der Waals surface area contributed by atoms with Crippen molar-refractivity contribution in [3.63, 3.8) is 0 Å². The molecule has 0 saturated heterocycles. The Kier molecular flexibility index (Phi) is 3.92.